The summed E-state index contributed by atoms with van der Waals surface area (Å²) in [5.41, 5.74) is 6.48. The molecule has 5 aromatic heterocycles. The molecular formula is C39H45Br4FN8O4S. The van der Waals surface area contributed by atoms with Gasteiger partial charge in [-0.3, -0.25) is 4.79 Å². The Morgan fingerprint density at radius 1 is 0.965 bits per heavy atom. The maximum absolute atomic E-state index is 13.0. The van der Waals surface area contributed by atoms with Crippen molar-refractivity contribution in [2.75, 3.05) is 14.2 Å². The van der Waals surface area contributed by atoms with Crippen LogP contribution in [0.1, 0.15) is 63.3 Å². The van der Waals surface area contributed by atoms with Crippen molar-refractivity contribution in [1.82, 2.24) is 39.0 Å². The topological polar surface area (TPSA) is 149 Å². The second kappa shape index (κ2) is 23.0. The van der Waals surface area contributed by atoms with Gasteiger partial charge in [0.25, 0.3) is 0 Å². The third-order valence-electron chi connectivity index (χ3n) is 8.38. The van der Waals surface area contributed by atoms with Crippen LogP contribution in [0.15, 0.2) is 79.3 Å². The fourth-order valence-electron chi connectivity index (χ4n) is 4.79. The lowest BCUT2D eigenvalue weighted by molar-refractivity contribution is 0.0937. The monoisotopic (exact) mass is 1060 g/mol. The molecule has 0 spiro atoms. The first-order chi connectivity index (χ1) is 27.0. The average molecular weight is 1060 g/mol. The van der Waals surface area contributed by atoms with Crippen molar-refractivity contribution < 1.29 is 23.8 Å². The summed E-state index contributed by atoms with van der Waals surface area (Å²) in [4.78, 5) is 34.2. The highest BCUT2D eigenvalue weighted by Crippen LogP contribution is 2.29. The molecule has 1 atom stereocenters. The van der Waals surface area contributed by atoms with E-state index in [1.54, 1.807) is 50.2 Å². The molecular weight excluding hydrogens is 1020 g/mol. The van der Waals surface area contributed by atoms with Crippen molar-refractivity contribution in [2.24, 2.45) is 14.1 Å². The minimum atomic E-state index is -0.750. The molecule has 0 amide bonds. The summed E-state index contributed by atoms with van der Waals surface area (Å²) in [7, 11) is 6.90. The number of ketones is 1. The van der Waals surface area contributed by atoms with Crippen LogP contribution in [0.4, 0.5) is 4.39 Å². The number of aromatic nitrogens is 8. The molecule has 18 heteroatoms. The second-order valence-corrected chi connectivity index (χ2v) is 16.2. The number of methoxy groups -OCH3 is 2. The highest BCUT2D eigenvalue weighted by molar-refractivity contribution is 9.11. The minimum Gasteiger partial charge on any atom is -0.493 e. The number of nitrogens with zero attached hydrogens (tertiary/aromatic N) is 6. The number of hydrogen-bond acceptors (Lipinski definition) is 9. The molecule has 0 aliphatic heterocycles. The van der Waals surface area contributed by atoms with Crippen LogP contribution in [-0.4, -0.2) is 64.1 Å². The maximum atomic E-state index is 13.0. The van der Waals surface area contributed by atoms with Crippen LogP contribution in [0.3, 0.4) is 0 Å². The average Bonchev–Trinajstić information content (AvgIpc) is 4.01. The number of rotatable bonds is 7. The van der Waals surface area contributed by atoms with E-state index in [1.807, 2.05) is 69.3 Å². The first-order valence-electron chi connectivity index (χ1n) is 17.2. The molecule has 7 aromatic rings. The SMILES string of the molecule is COc1ccc(C(=O)CCC(O)c2ncn(C)c2C)cc1OC.Cc1[nH]c(Br)nc1Br.Cc1c(Br)nc(Br)n1C.Cc1cnc[nH]1.Cc1csc2c(F)cccc12. The number of carbonyl (C=O) groups excluding carboxylic acids is 1. The molecule has 0 saturated carbocycles. The number of nitrogens with one attached hydrogen (secondary N) is 2. The zero-order chi connectivity index (χ0) is 42.4. The van der Waals surface area contributed by atoms with E-state index in [0.717, 1.165) is 57.1 Å². The van der Waals surface area contributed by atoms with Crippen molar-refractivity contribution in [1.29, 1.82) is 0 Å². The van der Waals surface area contributed by atoms with Crippen LogP contribution in [0.5, 0.6) is 11.5 Å². The van der Waals surface area contributed by atoms with Crippen molar-refractivity contribution in [3.05, 3.63) is 125 Å². The summed E-state index contributed by atoms with van der Waals surface area (Å²) in [6.45, 7) is 9.80. The number of fused-ring (bicyclic) bond motifs is 1. The van der Waals surface area contributed by atoms with E-state index >= 15 is 0 Å². The van der Waals surface area contributed by atoms with Gasteiger partial charge in [-0.25, -0.2) is 24.3 Å². The van der Waals surface area contributed by atoms with E-state index in [2.05, 4.69) is 93.6 Å². The Morgan fingerprint density at radius 2 is 1.67 bits per heavy atom. The van der Waals surface area contributed by atoms with E-state index in [4.69, 9.17) is 9.47 Å². The second-order valence-electron chi connectivity index (χ2n) is 12.4. The van der Waals surface area contributed by atoms with Gasteiger partial charge < -0.3 is 33.7 Å². The van der Waals surface area contributed by atoms with Gasteiger partial charge in [0.1, 0.15) is 15.0 Å². The fraction of sp³-hybridized carbons (Fsp3) is 0.308. The number of H-pyrrole nitrogens is 2. The fourth-order valence-corrected chi connectivity index (χ4v) is 7.85. The van der Waals surface area contributed by atoms with Crippen LogP contribution < -0.4 is 9.47 Å². The number of aliphatic hydroxyl groups excluding tert-OH is 1. The van der Waals surface area contributed by atoms with E-state index < -0.39 is 6.10 Å². The number of benzene rings is 2. The highest BCUT2D eigenvalue weighted by Gasteiger charge is 2.18. The molecule has 0 bridgehead atoms. The Labute approximate surface area is 369 Å². The highest BCUT2D eigenvalue weighted by atomic mass is 79.9. The third kappa shape index (κ3) is 14.0. The lowest BCUT2D eigenvalue weighted by Gasteiger charge is -2.11. The van der Waals surface area contributed by atoms with Gasteiger partial charge in [0.05, 0.1) is 43.4 Å². The molecule has 0 aliphatic rings. The van der Waals surface area contributed by atoms with Crippen molar-refractivity contribution in [3.8, 4) is 11.5 Å². The van der Waals surface area contributed by atoms with Gasteiger partial charge in [-0.2, -0.15) is 0 Å². The van der Waals surface area contributed by atoms with Crippen LogP contribution in [-0.2, 0) is 14.1 Å². The number of thiophene rings is 1. The number of aryl methyl sites for hydroxylation is 4. The van der Waals surface area contributed by atoms with Gasteiger partial charge in [-0.15, -0.1) is 11.3 Å². The van der Waals surface area contributed by atoms with E-state index in [-0.39, 0.29) is 18.0 Å². The number of ether oxygens (including phenoxy) is 2. The lowest BCUT2D eigenvalue weighted by atomic mass is 10.0. The number of Topliss-reactive ketones (excluding diaryl/α,β-unsaturated/α-hetero) is 1. The Kier molecular flexibility index (Phi) is 19.3. The quantitative estimate of drug-likeness (QED) is 0.134. The zero-order valence-corrected chi connectivity index (χ0v) is 40.1. The Bertz CT molecular complexity index is 2300. The van der Waals surface area contributed by atoms with Crippen LogP contribution >= 0.6 is 75.1 Å². The van der Waals surface area contributed by atoms with Gasteiger partial charge in [-0.05, 0) is 145 Å². The van der Waals surface area contributed by atoms with Crippen molar-refractivity contribution in [3.63, 3.8) is 0 Å². The number of carbonyl (C=O) groups is 1. The molecule has 3 N–H and O–H groups in total. The molecule has 0 aliphatic carbocycles. The zero-order valence-electron chi connectivity index (χ0n) is 32.9. The van der Waals surface area contributed by atoms with Crippen molar-refractivity contribution in [2.45, 2.75) is 53.6 Å². The normalized spacial score (nSPS) is 10.9. The van der Waals surface area contributed by atoms with Crippen LogP contribution in [0.25, 0.3) is 10.1 Å². The number of aromatic amines is 2. The molecule has 1 unspecified atom stereocenters. The predicted molar refractivity (Wildman–Crippen MR) is 238 cm³/mol. The summed E-state index contributed by atoms with van der Waals surface area (Å²) in [6, 6.07) is 10.2. The molecule has 7 rings (SSSR count). The summed E-state index contributed by atoms with van der Waals surface area (Å²) in [5.74, 6) is 0.923. The molecule has 0 radical (unpaired) electrons. The molecule has 12 nitrogen and oxygen atoms in total. The molecule has 2 aromatic carbocycles. The van der Waals surface area contributed by atoms with E-state index in [0.29, 0.717) is 29.2 Å². The smallest absolute Gasteiger partial charge is 0.178 e. The Hall–Kier alpha value is -3.68. The Morgan fingerprint density at radius 3 is 2.09 bits per heavy atom. The standard InChI is InChI=1S/C17H22N2O4.C9H7FS.C5H6Br2N2.C4H4Br2N2.C4H6N2/c1-11-17(18-10-19(11)2)14(21)7-6-13(20)12-5-8-15(22-3)16(9-12)23-4;1-6-5-11-9-7(6)3-2-4-8(9)10;1-3-4(6)8-5(7)9(3)2;1-2-3(5)8-4(6)7-2;1-4-2-5-3-6-4/h5,8-10,14,21H,6-7H2,1-4H3;2-5H,1H3;1-2H3;1H3,(H,7,8);2-3H,1H3,(H,5,6). The summed E-state index contributed by atoms with van der Waals surface area (Å²) in [6.07, 6.45) is 4.90. The predicted octanol–water partition coefficient (Wildman–Crippen LogP) is 11.0. The molecule has 5 heterocycles. The lowest BCUT2D eigenvalue weighted by Crippen LogP contribution is -2.06. The van der Waals surface area contributed by atoms with Gasteiger partial charge in [0, 0.05) is 55.1 Å². The minimum absolute atomic E-state index is 0.0569. The van der Waals surface area contributed by atoms with E-state index in [1.165, 1.54) is 24.5 Å². The van der Waals surface area contributed by atoms with Gasteiger partial charge in [-0.1, -0.05) is 12.1 Å². The molecule has 0 fully saturated rings. The van der Waals surface area contributed by atoms with Gasteiger partial charge >= 0.3 is 0 Å². The Balaban J connectivity index is 0.000000212. The maximum Gasteiger partial charge on any atom is 0.178 e. The molecule has 57 heavy (non-hydrogen) atoms. The van der Waals surface area contributed by atoms with E-state index in [9.17, 15) is 14.3 Å². The molecule has 0 saturated heterocycles. The number of imidazole rings is 4. The summed E-state index contributed by atoms with van der Waals surface area (Å²) < 4.78 is 31.3. The van der Waals surface area contributed by atoms with Crippen LogP contribution in [0.2, 0.25) is 0 Å². The number of aliphatic hydroxyl groups is 1. The first-order valence-corrected chi connectivity index (χ1v) is 21.2. The van der Waals surface area contributed by atoms with Gasteiger partial charge in [0.2, 0.25) is 0 Å². The van der Waals surface area contributed by atoms with Crippen LogP contribution in [0, 0.1) is 40.4 Å². The largest absolute Gasteiger partial charge is 0.493 e. The number of halogens is 5. The third-order valence-corrected chi connectivity index (χ3v) is 12.1. The molecule has 306 valence electrons. The first kappa shape index (κ1) is 47.7. The van der Waals surface area contributed by atoms with Gasteiger partial charge in [0.15, 0.2) is 26.7 Å². The summed E-state index contributed by atoms with van der Waals surface area (Å²) in [5, 5.41) is 13.2. The number of hydrogen-bond donors (Lipinski definition) is 3. The summed E-state index contributed by atoms with van der Waals surface area (Å²) >= 11 is 14.5. The van der Waals surface area contributed by atoms with Crippen molar-refractivity contribution >= 4 is 90.9 Å².